The molecule has 18 heavy (non-hydrogen) atoms. The molecule has 0 unspecified atom stereocenters. The Bertz CT molecular complexity index is 642. The molecule has 3 aromatic rings. The van der Waals surface area contributed by atoms with Crippen molar-refractivity contribution in [2.45, 2.75) is 6.42 Å². The van der Waals surface area contributed by atoms with Gasteiger partial charge in [0.2, 0.25) is 0 Å². The van der Waals surface area contributed by atoms with Gasteiger partial charge in [0.15, 0.2) is 5.82 Å². The first-order valence-corrected chi connectivity index (χ1v) is 6.80. The summed E-state index contributed by atoms with van der Waals surface area (Å²) < 4.78 is 2.00. The molecule has 0 aliphatic rings. The van der Waals surface area contributed by atoms with Gasteiger partial charge in [0.1, 0.15) is 5.52 Å². The van der Waals surface area contributed by atoms with Crippen LogP contribution < -0.4 is 5.32 Å². The molecule has 0 radical (unpaired) electrons. The normalized spacial score (nSPS) is 10.9. The van der Waals surface area contributed by atoms with E-state index in [2.05, 4.69) is 32.1 Å². The third-order valence-corrected chi connectivity index (χ3v) is 3.66. The molecule has 3 heterocycles. The molecule has 0 aliphatic carbocycles. The van der Waals surface area contributed by atoms with Gasteiger partial charge in [0.05, 0.1) is 11.8 Å². The fourth-order valence-electron chi connectivity index (χ4n) is 1.95. The Morgan fingerprint density at radius 3 is 3.11 bits per heavy atom. The van der Waals surface area contributed by atoms with E-state index in [0.717, 1.165) is 29.8 Å². The highest BCUT2D eigenvalue weighted by Gasteiger charge is 2.05. The lowest BCUT2D eigenvalue weighted by atomic mass is 10.2. The number of hydrogen-bond acceptors (Lipinski definition) is 4. The second-order valence-corrected chi connectivity index (χ2v) is 4.97. The molecule has 0 fully saturated rings. The van der Waals surface area contributed by atoms with Crippen molar-refractivity contribution in [3.63, 3.8) is 0 Å². The van der Waals surface area contributed by atoms with E-state index in [1.165, 1.54) is 5.56 Å². The number of imidazole rings is 1. The summed E-state index contributed by atoms with van der Waals surface area (Å²) in [6.07, 6.45) is 4.64. The van der Waals surface area contributed by atoms with Crippen LogP contribution in [0.2, 0.25) is 0 Å². The van der Waals surface area contributed by atoms with Gasteiger partial charge in [-0.3, -0.25) is 0 Å². The summed E-state index contributed by atoms with van der Waals surface area (Å²) in [6.45, 7) is 0.874. The Labute approximate surface area is 109 Å². The lowest BCUT2D eigenvalue weighted by Gasteiger charge is -2.05. The fraction of sp³-hybridized carbons (Fsp3) is 0.231. The van der Waals surface area contributed by atoms with Crippen LogP contribution in [0.4, 0.5) is 5.82 Å². The monoisotopic (exact) mass is 258 g/mol. The Hall–Kier alpha value is -1.88. The maximum absolute atomic E-state index is 4.37. The van der Waals surface area contributed by atoms with E-state index < -0.39 is 0 Å². The Balaban J connectivity index is 1.74. The predicted molar refractivity (Wildman–Crippen MR) is 75.0 cm³/mol. The molecule has 3 aromatic heterocycles. The smallest absolute Gasteiger partial charge is 0.154 e. The van der Waals surface area contributed by atoms with Crippen molar-refractivity contribution >= 4 is 28.2 Å². The minimum Gasteiger partial charge on any atom is -0.368 e. The first-order chi connectivity index (χ1) is 8.84. The molecule has 3 rings (SSSR count). The number of nitrogens with one attached hydrogen (secondary N) is 1. The molecule has 0 aliphatic heterocycles. The van der Waals surface area contributed by atoms with Crippen molar-refractivity contribution in [1.82, 2.24) is 14.5 Å². The van der Waals surface area contributed by atoms with Crippen LogP contribution in [0.25, 0.3) is 11.0 Å². The summed E-state index contributed by atoms with van der Waals surface area (Å²) in [4.78, 5) is 8.73. The van der Waals surface area contributed by atoms with Crippen molar-refractivity contribution in [3.05, 3.63) is 41.0 Å². The highest BCUT2D eigenvalue weighted by molar-refractivity contribution is 7.07. The molecule has 92 valence electrons. The van der Waals surface area contributed by atoms with Crippen LogP contribution in [0.1, 0.15) is 5.56 Å². The number of rotatable bonds is 4. The van der Waals surface area contributed by atoms with Crippen molar-refractivity contribution in [1.29, 1.82) is 0 Å². The lowest BCUT2D eigenvalue weighted by Crippen LogP contribution is -2.06. The summed E-state index contributed by atoms with van der Waals surface area (Å²) in [7, 11) is 1.99. The Kier molecular flexibility index (Phi) is 2.98. The SMILES string of the molecule is Cn1cnc2c(NCCc3ccsc3)nccc21. The van der Waals surface area contributed by atoms with E-state index in [9.17, 15) is 0 Å². The van der Waals surface area contributed by atoms with Crippen LogP contribution in [0.15, 0.2) is 35.4 Å². The summed E-state index contributed by atoms with van der Waals surface area (Å²) in [5, 5.41) is 7.64. The van der Waals surface area contributed by atoms with Gasteiger partial charge < -0.3 is 9.88 Å². The predicted octanol–water partition coefficient (Wildman–Crippen LogP) is 2.68. The van der Waals surface area contributed by atoms with E-state index in [1.807, 2.05) is 30.2 Å². The fourth-order valence-corrected chi connectivity index (χ4v) is 2.65. The molecule has 0 saturated heterocycles. The zero-order chi connectivity index (χ0) is 12.4. The molecule has 4 nitrogen and oxygen atoms in total. The van der Waals surface area contributed by atoms with E-state index >= 15 is 0 Å². The number of aryl methyl sites for hydroxylation is 1. The van der Waals surface area contributed by atoms with Gasteiger partial charge in [-0.25, -0.2) is 9.97 Å². The molecule has 0 saturated carbocycles. The van der Waals surface area contributed by atoms with Gasteiger partial charge in [-0.15, -0.1) is 0 Å². The molecular formula is C13H14N4S. The third-order valence-electron chi connectivity index (χ3n) is 2.93. The van der Waals surface area contributed by atoms with Gasteiger partial charge in [-0.2, -0.15) is 11.3 Å². The van der Waals surface area contributed by atoms with Gasteiger partial charge in [0.25, 0.3) is 0 Å². The van der Waals surface area contributed by atoms with Crippen LogP contribution in [0.3, 0.4) is 0 Å². The third kappa shape index (κ3) is 2.09. The topological polar surface area (TPSA) is 42.7 Å². The molecule has 0 aromatic carbocycles. The number of fused-ring (bicyclic) bond motifs is 1. The van der Waals surface area contributed by atoms with E-state index in [1.54, 1.807) is 11.3 Å². The second kappa shape index (κ2) is 4.78. The molecule has 5 heteroatoms. The van der Waals surface area contributed by atoms with Crippen LogP contribution in [-0.2, 0) is 13.5 Å². The minimum atomic E-state index is 0.864. The molecular weight excluding hydrogens is 244 g/mol. The molecule has 0 spiro atoms. The van der Waals surface area contributed by atoms with E-state index in [-0.39, 0.29) is 0 Å². The van der Waals surface area contributed by atoms with Gasteiger partial charge >= 0.3 is 0 Å². The summed E-state index contributed by atoms with van der Waals surface area (Å²) in [5.41, 5.74) is 3.40. The van der Waals surface area contributed by atoms with Crippen molar-refractivity contribution in [2.24, 2.45) is 7.05 Å². The first kappa shape index (κ1) is 11.2. The summed E-state index contributed by atoms with van der Waals surface area (Å²) >= 11 is 1.73. The quantitative estimate of drug-likeness (QED) is 0.782. The molecule has 1 N–H and O–H groups in total. The van der Waals surface area contributed by atoms with Crippen molar-refractivity contribution < 1.29 is 0 Å². The van der Waals surface area contributed by atoms with Crippen LogP contribution >= 0.6 is 11.3 Å². The maximum Gasteiger partial charge on any atom is 0.154 e. The van der Waals surface area contributed by atoms with Crippen molar-refractivity contribution in [3.8, 4) is 0 Å². The zero-order valence-corrected chi connectivity index (χ0v) is 10.9. The number of aromatic nitrogens is 3. The average Bonchev–Trinajstić information content (AvgIpc) is 3.01. The Morgan fingerprint density at radius 2 is 2.28 bits per heavy atom. The van der Waals surface area contributed by atoms with Gasteiger partial charge in [-0.05, 0) is 34.9 Å². The molecule has 0 atom stereocenters. The van der Waals surface area contributed by atoms with Crippen molar-refractivity contribution in [2.75, 3.05) is 11.9 Å². The first-order valence-electron chi connectivity index (χ1n) is 5.85. The van der Waals surface area contributed by atoms with E-state index in [4.69, 9.17) is 0 Å². The number of anilines is 1. The summed E-state index contributed by atoms with van der Waals surface area (Å²) in [6, 6.07) is 4.13. The summed E-state index contributed by atoms with van der Waals surface area (Å²) in [5.74, 6) is 0.864. The van der Waals surface area contributed by atoms with Crippen LogP contribution in [0.5, 0.6) is 0 Å². The van der Waals surface area contributed by atoms with E-state index in [0.29, 0.717) is 0 Å². The average molecular weight is 258 g/mol. The largest absolute Gasteiger partial charge is 0.368 e. The van der Waals surface area contributed by atoms with Crippen LogP contribution in [0, 0.1) is 0 Å². The lowest BCUT2D eigenvalue weighted by molar-refractivity contribution is 0.947. The van der Waals surface area contributed by atoms with Crippen LogP contribution in [-0.4, -0.2) is 21.1 Å². The molecule has 0 amide bonds. The number of thiophene rings is 1. The number of nitrogens with zero attached hydrogens (tertiary/aromatic N) is 3. The number of hydrogen-bond donors (Lipinski definition) is 1. The highest BCUT2D eigenvalue weighted by atomic mass is 32.1. The zero-order valence-electron chi connectivity index (χ0n) is 10.1. The maximum atomic E-state index is 4.37. The molecule has 0 bridgehead atoms. The highest BCUT2D eigenvalue weighted by Crippen LogP contribution is 2.18. The standard InChI is InChI=1S/C13H14N4S/c1-17-9-16-12-11(17)3-6-15-13(12)14-5-2-10-4-7-18-8-10/h3-4,6-9H,2,5H2,1H3,(H,14,15). The van der Waals surface area contributed by atoms with Gasteiger partial charge in [0, 0.05) is 19.8 Å². The Morgan fingerprint density at radius 1 is 1.33 bits per heavy atom. The minimum absolute atomic E-state index is 0.864. The van der Waals surface area contributed by atoms with Gasteiger partial charge in [-0.1, -0.05) is 0 Å². The number of pyridine rings is 1. The second-order valence-electron chi connectivity index (χ2n) is 4.19.